The van der Waals surface area contributed by atoms with Crippen molar-refractivity contribution in [3.05, 3.63) is 0 Å². The van der Waals surface area contributed by atoms with Crippen LogP contribution in [0.25, 0.3) is 0 Å². The zero-order chi connectivity index (χ0) is 15.3. The van der Waals surface area contributed by atoms with Crippen LogP contribution in [0.1, 0.15) is 72.6 Å². The minimum atomic E-state index is 0.481. The van der Waals surface area contributed by atoms with E-state index in [9.17, 15) is 0 Å². The molecule has 1 aliphatic carbocycles. The van der Waals surface area contributed by atoms with Crippen LogP contribution >= 0.6 is 0 Å². The van der Waals surface area contributed by atoms with E-state index < -0.39 is 0 Å². The van der Waals surface area contributed by atoms with Crippen LogP contribution in [0, 0.1) is 16.7 Å². The summed E-state index contributed by atoms with van der Waals surface area (Å²) in [5, 5.41) is 3.73. The zero-order valence-corrected chi connectivity index (χ0v) is 15.0. The summed E-state index contributed by atoms with van der Waals surface area (Å²) in [6.45, 7) is 16.0. The third kappa shape index (κ3) is 4.96. The summed E-state index contributed by atoms with van der Waals surface area (Å²) in [6, 6.07) is 0. The van der Waals surface area contributed by atoms with Gasteiger partial charge in [-0.1, -0.05) is 47.0 Å². The molecule has 1 aliphatic heterocycles. The maximum absolute atomic E-state index is 3.73. The molecule has 1 N–H and O–H groups in total. The molecule has 1 saturated carbocycles. The van der Waals surface area contributed by atoms with Gasteiger partial charge in [0, 0.05) is 19.6 Å². The Labute approximate surface area is 133 Å². The van der Waals surface area contributed by atoms with Crippen LogP contribution in [0.4, 0.5) is 0 Å². The largest absolute Gasteiger partial charge is 0.316 e. The molecule has 1 atom stereocenters. The maximum Gasteiger partial charge on any atom is 0.00503 e. The normalized spacial score (nSPS) is 27.1. The van der Waals surface area contributed by atoms with Crippen LogP contribution in [0.15, 0.2) is 0 Å². The summed E-state index contributed by atoms with van der Waals surface area (Å²) in [5.74, 6) is 0.891. The van der Waals surface area contributed by atoms with Crippen molar-refractivity contribution in [3.63, 3.8) is 0 Å². The van der Waals surface area contributed by atoms with E-state index in [1.165, 1.54) is 77.7 Å². The van der Waals surface area contributed by atoms with E-state index in [0.29, 0.717) is 10.8 Å². The molecule has 0 spiro atoms. The van der Waals surface area contributed by atoms with Gasteiger partial charge in [0.2, 0.25) is 0 Å². The SMILES string of the molecule is CCCNCC1(CN2CCC(C(C)(C)C)C2)CCCCC1. The smallest absolute Gasteiger partial charge is 0.00503 e. The molecule has 0 amide bonds. The Hall–Kier alpha value is -0.0800. The summed E-state index contributed by atoms with van der Waals surface area (Å²) in [5.41, 5.74) is 1.05. The predicted molar refractivity (Wildman–Crippen MR) is 92.7 cm³/mol. The van der Waals surface area contributed by atoms with Crippen LogP contribution < -0.4 is 5.32 Å². The van der Waals surface area contributed by atoms with Gasteiger partial charge in [0.15, 0.2) is 0 Å². The van der Waals surface area contributed by atoms with Gasteiger partial charge in [-0.05, 0) is 55.5 Å². The Morgan fingerprint density at radius 1 is 1.14 bits per heavy atom. The van der Waals surface area contributed by atoms with Crippen molar-refractivity contribution in [2.75, 3.05) is 32.7 Å². The lowest BCUT2D eigenvalue weighted by Gasteiger charge is -2.41. The van der Waals surface area contributed by atoms with Crippen LogP contribution in [0.2, 0.25) is 0 Å². The van der Waals surface area contributed by atoms with Crippen LogP contribution in [0.3, 0.4) is 0 Å². The predicted octanol–water partition coefficient (Wildman–Crippen LogP) is 4.30. The van der Waals surface area contributed by atoms with E-state index in [-0.39, 0.29) is 0 Å². The molecule has 2 nitrogen and oxygen atoms in total. The lowest BCUT2D eigenvalue weighted by molar-refractivity contribution is 0.109. The van der Waals surface area contributed by atoms with Crippen molar-refractivity contribution in [1.29, 1.82) is 0 Å². The molecule has 124 valence electrons. The van der Waals surface area contributed by atoms with Crippen molar-refractivity contribution in [2.24, 2.45) is 16.7 Å². The quantitative estimate of drug-likeness (QED) is 0.735. The van der Waals surface area contributed by atoms with E-state index in [4.69, 9.17) is 0 Å². The molecule has 0 aromatic heterocycles. The first kappa shape index (κ1) is 17.3. The highest BCUT2D eigenvalue weighted by Gasteiger charge is 2.38. The molecule has 2 rings (SSSR count). The van der Waals surface area contributed by atoms with Gasteiger partial charge >= 0.3 is 0 Å². The maximum atomic E-state index is 3.73. The number of likely N-dealkylation sites (tertiary alicyclic amines) is 1. The number of rotatable bonds is 6. The average molecular weight is 295 g/mol. The number of hydrogen-bond acceptors (Lipinski definition) is 2. The third-order valence-corrected chi connectivity index (χ3v) is 5.90. The lowest BCUT2D eigenvalue weighted by atomic mass is 9.73. The molecular formula is C19H38N2. The molecular weight excluding hydrogens is 256 g/mol. The van der Waals surface area contributed by atoms with E-state index in [0.717, 1.165) is 5.92 Å². The van der Waals surface area contributed by atoms with Gasteiger partial charge in [-0.2, -0.15) is 0 Å². The molecule has 21 heavy (non-hydrogen) atoms. The van der Waals surface area contributed by atoms with Gasteiger partial charge in [0.05, 0.1) is 0 Å². The van der Waals surface area contributed by atoms with Gasteiger partial charge in [0.25, 0.3) is 0 Å². The van der Waals surface area contributed by atoms with E-state index >= 15 is 0 Å². The number of nitrogens with one attached hydrogen (secondary N) is 1. The Bertz CT molecular complexity index is 299. The Morgan fingerprint density at radius 3 is 2.43 bits per heavy atom. The molecule has 0 bridgehead atoms. The van der Waals surface area contributed by atoms with Crippen LogP contribution in [0.5, 0.6) is 0 Å². The topological polar surface area (TPSA) is 15.3 Å². The van der Waals surface area contributed by atoms with Crippen molar-refractivity contribution >= 4 is 0 Å². The van der Waals surface area contributed by atoms with Crippen LogP contribution in [-0.2, 0) is 0 Å². The van der Waals surface area contributed by atoms with E-state index in [1.54, 1.807) is 0 Å². The highest BCUT2D eigenvalue weighted by atomic mass is 15.2. The molecule has 2 heteroatoms. The van der Waals surface area contributed by atoms with Crippen LogP contribution in [-0.4, -0.2) is 37.6 Å². The van der Waals surface area contributed by atoms with E-state index in [2.05, 4.69) is 37.9 Å². The molecule has 1 saturated heterocycles. The first-order valence-corrected chi connectivity index (χ1v) is 9.38. The summed E-state index contributed by atoms with van der Waals surface area (Å²) >= 11 is 0. The molecule has 1 unspecified atom stereocenters. The molecule has 1 heterocycles. The second kappa shape index (κ2) is 7.46. The van der Waals surface area contributed by atoms with Gasteiger partial charge in [0.1, 0.15) is 0 Å². The fraction of sp³-hybridized carbons (Fsp3) is 1.00. The fourth-order valence-corrected chi connectivity index (χ4v) is 4.38. The Kier molecular flexibility index (Phi) is 6.14. The fourth-order valence-electron chi connectivity index (χ4n) is 4.38. The van der Waals surface area contributed by atoms with Crippen molar-refractivity contribution in [1.82, 2.24) is 10.2 Å². The summed E-state index contributed by atoms with van der Waals surface area (Å²) in [6.07, 6.45) is 9.91. The molecule has 2 aliphatic rings. The Morgan fingerprint density at radius 2 is 1.86 bits per heavy atom. The van der Waals surface area contributed by atoms with Gasteiger partial charge in [-0.25, -0.2) is 0 Å². The zero-order valence-electron chi connectivity index (χ0n) is 15.0. The third-order valence-electron chi connectivity index (χ3n) is 5.90. The highest BCUT2D eigenvalue weighted by Crippen LogP contribution is 2.39. The first-order chi connectivity index (χ1) is 9.95. The minimum Gasteiger partial charge on any atom is -0.316 e. The number of nitrogens with zero attached hydrogens (tertiary/aromatic N) is 1. The standard InChI is InChI=1S/C19H38N2/c1-5-12-20-15-19(10-7-6-8-11-19)16-21-13-9-17(14-21)18(2,3)4/h17,20H,5-16H2,1-4H3. The molecule has 0 aromatic rings. The van der Waals surface area contributed by atoms with Gasteiger partial charge < -0.3 is 10.2 Å². The van der Waals surface area contributed by atoms with Crippen molar-refractivity contribution < 1.29 is 0 Å². The molecule has 2 fully saturated rings. The second-order valence-electron chi connectivity index (χ2n) is 8.82. The highest BCUT2D eigenvalue weighted by molar-refractivity contribution is 4.91. The first-order valence-electron chi connectivity index (χ1n) is 9.38. The van der Waals surface area contributed by atoms with Gasteiger partial charge in [-0.15, -0.1) is 0 Å². The molecule has 0 radical (unpaired) electrons. The second-order valence-corrected chi connectivity index (χ2v) is 8.82. The Balaban J connectivity index is 1.90. The average Bonchev–Trinajstić information content (AvgIpc) is 2.88. The minimum absolute atomic E-state index is 0.481. The van der Waals surface area contributed by atoms with Crippen molar-refractivity contribution in [2.45, 2.75) is 72.6 Å². The van der Waals surface area contributed by atoms with Crippen molar-refractivity contribution in [3.8, 4) is 0 Å². The number of hydrogen-bond donors (Lipinski definition) is 1. The summed E-state index contributed by atoms with van der Waals surface area (Å²) in [4.78, 5) is 2.79. The summed E-state index contributed by atoms with van der Waals surface area (Å²) in [7, 11) is 0. The molecule has 0 aromatic carbocycles. The van der Waals surface area contributed by atoms with E-state index in [1.807, 2.05) is 0 Å². The van der Waals surface area contributed by atoms with Gasteiger partial charge in [-0.3, -0.25) is 0 Å². The monoisotopic (exact) mass is 294 g/mol. The lowest BCUT2D eigenvalue weighted by Crippen LogP contribution is -2.45. The summed E-state index contributed by atoms with van der Waals surface area (Å²) < 4.78 is 0.